The molecule has 1 saturated heterocycles. The summed E-state index contributed by atoms with van der Waals surface area (Å²) in [6.45, 7) is 5.14. The van der Waals surface area contributed by atoms with Gasteiger partial charge in [0.25, 0.3) is 0 Å². The molecule has 94 valence electrons. The number of carboxylic acids is 1. The summed E-state index contributed by atoms with van der Waals surface area (Å²) in [6.07, 6.45) is 3.37. The van der Waals surface area contributed by atoms with Crippen LogP contribution in [0.2, 0.25) is 0 Å². The van der Waals surface area contributed by atoms with Gasteiger partial charge in [-0.2, -0.15) is 0 Å². The zero-order valence-electron chi connectivity index (χ0n) is 10.3. The Morgan fingerprint density at radius 3 is 2.62 bits per heavy atom. The van der Waals surface area contributed by atoms with Gasteiger partial charge in [-0.15, -0.1) is 0 Å². The van der Waals surface area contributed by atoms with E-state index in [0.717, 1.165) is 26.1 Å². The maximum absolute atomic E-state index is 10.5. The molecule has 4 heteroatoms. The van der Waals surface area contributed by atoms with Crippen molar-refractivity contribution in [2.45, 2.75) is 38.6 Å². The third-order valence-corrected chi connectivity index (χ3v) is 3.45. The van der Waals surface area contributed by atoms with Crippen LogP contribution in [-0.4, -0.2) is 48.8 Å². The predicted octanol–water partition coefficient (Wildman–Crippen LogP) is 1.60. The van der Waals surface area contributed by atoms with E-state index in [9.17, 15) is 4.79 Å². The van der Waals surface area contributed by atoms with Crippen molar-refractivity contribution in [1.29, 1.82) is 0 Å². The molecule has 0 radical (unpaired) electrons. The number of likely N-dealkylation sites (tertiary alicyclic amines) is 1. The quantitative estimate of drug-likeness (QED) is 0.751. The molecule has 1 fully saturated rings. The van der Waals surface area contributed by atoms with Crippen LogP contribution in [0.3, 0.4) is 0 Å². The van der Waals surface area contributed by atoms with Crippen LogP contribution in [0.25, 0.3) is 0 Å². The fourth-order valence-electron chi connectivity index (χ4n) is 2.31. The number of hydrogen-bond donors (Lipinski definition) is 1. The smallest absolute Gasteiger partial charge is 0.303 e. The van der Waals surface area contributed by atoms with Crippen molar-refractivity contribution < 1.29 is 14.6 Å². The van der Waals surface area contributed by atoms with Gasteiger partial charge in [-0.25, -0.2) is 0 Å². The summed E-state index contributed by atoms with van der Waals surface area (Å²) < 4.78 is 5.16. The molecule has 1 rings (SSSR count). The van der Waals surface area contributed by atoms with Crippen LogP contribution in [0.4, 0.5) is 0 Å². The Kier molecular flexibility index (Phi) is 5.77. The van der Waals surface area contributed by atoms with Gasteiger partial charge in [-0.3, -0.25) is 4.79 Å². The highest BCUT2D eigenvalue weighted by molar-refractivity contribution is 5.66. The average molecular weight is 229 g/mol. The van der Waals surface area contributed by atoms with Gasteiger partial charge in [0.2, 0.25) is 0 Å². The molecule has 1 aliphatic heterocycles. The van der Waals surface area contributed by atoms with Crippen LogP contribution >= 0.6 is 0 Å². The molecule has 0 amide bonds. The summed E-state index contributed by atoms with van der Waals surface area (Å²) in [4.78, 5) is 12.9. The number of ether oxygens (including phenoxy) is 1. The molecule has 0 aromatic heterocycles. The molecular weight excluding hydrogens is 206 g/mol. The summed E-state index contributed by atoms with van der Waals surface area (Å²) in [5.41, 5.74) is 0. The molecule has 1 heterocycles. The molecule has 0 bridgehead atoms. The Labute approximate surface area is 97.6 Å². The lowest BCUT2D eigenvalue weighted by atomic mass is 9.96. The van der Waals surface area contributed by atoms with Crippen LogP contribution < -0.4 is 0 Å². The van der Waals surface area contributed by atoms with E-state index in [2.05, 4.69) is 11.8 Å². The Bertz CT molecular complexity index is 212. The van der Waals surface area contributed by atoms with Crippen LogP contribution in [0.1, 0.15) is 32.6 Å². The third kappa shape index (κ3) is 4.49. The second kappa shape index (κ2) is 6.86. The molecule has 0 saturated carbocycles. The van der Waals surface area contributed by atoms with E-state index in [0.29, 0.717) is 12.0 Å². The Morgan fingerprint density at radius 2 is 2.12 bits per heavy atom. The van der Waals surface area contributed by atoms with Crippen LogP contribution in [0.5, 0.6) is 0 Å². The average Bonchev–Trinajstić information content (AvgIpc) is 2.27. The highest BCUT2D eigenvalue weighted by Crippen LogP contribution is 2.20. The first kappa shape index (κ1) is 13.5. The van der Waals surface area contributed by atoms with Gasteiger partial charge < -0.3 is 14.7 Å². The van der Waals surface area contributed by atoms with E-state index in [1.165, 1.54) is 12.8 Å². The van der Waals surface area contributed by atoms with Crippen molar-refractivity contribution in [3.63, 3.8) is 0 Å². The van der Waals surface area contributed by atoms with Crippen molar-refractivity contribution >= 4 is 5.97 Å². The standard InChI is InChI=1S/C12H23NO3/c1-10(3-4-12(14)15)13-7-5-11(6-8-13)9-16-2/h10-11H,3-9H2,1-2H3,(H,14,15). The van der Waals surface area contributed by atoms with E-state index in [1.54, 1.807) is 7.11 Å². The van der Waals surface area contributed by atoms with Gasteiger partial charge in [0, 0.05) is 26.2 Å². The first-order valence-corrected chi connectivity index (χ1v) is 6.08. The minimum Gasteiger partial charge on any atom is -0.481 e. The Hall–Kier alpha value is -0.610. The Balaban J connectivity index is 2.21. The molecule has 0 aliphatic carbocycles. The number of rotatable bonds is 6. The topological polar surface area (TPSA) is 49.8 Å². The van der Waals surface area contributed by atoms with Gasteiger partial charge >= 0.3 is 5.97 Å². The lowest BCUT2D eigenvalue weighted by Crippen LogP contribution is -2.40. The maximum Gasteiger partial charge on any atom is 0.303 e. The zero-order chi connectivity index (χ0) is 12.0. The first-order valence-electron chi connectivity index (χ1n) is 6.08. The number of carboxylic acid groups (broad SMARTS) is 1. The number of nitrogens with zero attached hydrogens (tertiary/aromatic N) is 1. The highest BCUT2D eigenvalue weighted by Gasteiger charge is 2.22. The summed E-state index contributed by atoms with van der Waals surface area (Å²) in [5, 5.41) is 8.64. The number of piperidine rings is 1. The second-order valence-electron chi connectivity index (χ2n) is 4.72. The molecule has 0 aromatic rings. The van der Waals surface area contributed by atoms with E-state index >= 15 is 0 Å². The summed E-state index contributed by atoms with van der Waals surface area (Å²) in [5.74, 6) is -0.00552. The lowest BCUT2D eigenvalue weighted by Gasteiger charge is -2.35. The number of methoxy groups -OCH3 is 1. The summed E-state index contributed by atoms with van der Waals surface area (Å²) in [6, 6.07) is 0.389. The number of hydrogen-bond acceptors (Lipinski definition) is 3. The molecule has 0 aromatic carbocycles. The SMILES string of the molecule is COCC1CCN(C(C)CCC(=O)O)CC1. The van der Waals surface area contributed by atoms with Gasteiger partial charge in [0.1, 0.15) is 0 Å². The van der Waals surface area contributed by atoms with Crippen LogP contribution in [-0.2, 0) is 9.53 Å². The molecule has 1 atom stereocenters. The zero-order valence-corrected chi connectivity index (χ0v) is 10.3. The second-order valence-corrected chi connectivity index (χ2v) is 4.72. The third-order valence-electron chi connectivity index (χ3n) is 3.45. The van der Waals surface area contributed by atoms with Gasteiger partial charge in [0.15, 0.2) is 0 Å². The van der Waals surface area contributed by atoms with Crippen molar-refractivity contribution in [2.75, 3.05) is 26.8 Å². The summed E-state index contributed by atoms with van der Waals surface area (Å²) >= 11 is 0. The minimum atomic E-state index is -0.693. The summed E-state index contributed by atoms with van der Waals surface area (Å²) in [7, 11) is 1.75. The molecular formula is C12H23NO3. The monoisotopic (exact) mass is 229 g/mol. The lowest BCUT2D eigenvalue weighted by molar-refractivity contribution is -0.137. The van der Waals surface area contributed by atoms with Gasteiger partial charge in [0.05, 0.1) is 0 Å². The van der Waals surface area contributed by atoms with Gasteiger partial charge in [-0.1, -0.05) is 0 Å². The molecule has 4 nitrogen and oxygen atoms in total. The van der Waals surface area contributed by atoms with Crippen molar-refractivity contribution in [2.24, 2.45) is 5.92 Å². The Morgan fingerprint density at radius 1 is 1.50 bits per heavy atom. The minimum absolute atomic E-state index is 0.277. The van der Waals surface area contributed by atoms with E-state index in [1.807, 2.05) is 0 Å². The molecule has 16 heavy (non-hydrogen) atoms. The normalized spacial score (nSPS) is 20.9. The molecule has 1 aliphatic rings. The predicted molar refractivity (Wildman–Crippen MR) is 62.5 cm³/mol. The first-order chi connectivity index (χ1) is 7.63. The van der Waals surface area contributed by atoms with Crippen LogP contribution in [0, 0.1) is 5.92 Å². The van der Waals surface area contributed by atoms with Gasteiger partial charge in [-0.05, 0) is 45.2 Å². The molecule has 1 unspecified atom stereocenters. The van der Waals surface area contributed by atoms with Crippen molar-refractivity contribution in [3.8, 4) is 0 Å². The van der Waals surface area contributed by atoms with Crippen LogP contribution in [0.15, 0.2) is 0 Å². The maximum atomic E-state index is 10.5. The van der Waals surface area contributed by atoms with Crippen molar-refractivity contribution in [3.05, 3.63) is 0 Å². The molecule has 0 spiro atoms. The van der Waals surface area contributed by atoms with Crippen molar-refractivity contribution in [1.82, 2.24) is 4.90 Å². The van der Waals surface area contributed by atoms with E-state index < -0.39 is 5.97 Å². The van der Waals surface area contributed by atoms with E-state index in [-0.39, 0.29) is 6.42 Å². The number of carbonyl (C=O) groups is 1. The highest BCUT2D eigenvalue weighted by atomic mass is 16.5. The fourth-order valence-corrected chi connectivity index (χ4v) is 2.31. The largest absolute Gasteiger partial charge is 0.481 e. The molecule has 1 N–H and O–H groups in total. The fraction of sp³-hybridized carbons (Fsp3) is 0.917. The van der Waals surface area contributed by atoms with E-state index in [4.69, 9.17) is 9.84 Å². The number of aliphatic carboxylic acids is 1.